The van der Waals surface area contributed by atoms with Gasteiger partial charge in [0.2, 0.25) is 0 Å². The fourth-order valence-electron chi connectivity index (χ4n) is 0.784. The molecule has 0 aliphatic rings. The van der Waals surface area contributed by atoms with Crippen molar-refractivity contribution in [3.05, 3.63) is 29.8 Å². The van der Waals surface area contributed by atoms with E-state index in [1.807, 2.05) is 0 Å². The number of aromatic hydroxyl groups is 1. The Morgan fingerprint density at radius 2 is 1.92 bits per heavy atom. The van der Waals surface area contributed by atoms with Gasteiger partial charge in [-0.2, -0.15) is 0 Å². The number of phenols is 1. The van der Waals surface area contributed by atoms with Gasteiger partial charge in [0.1, 0.15) is 11.3 Å². The first kappa shape index (κ1) is 9.71. The Hall–Kier alpha value is -1.37. The Morgan fingerprint density at radius 3 is 2.46 bits per heavy atom. The van der Waals surface area contributed by atoms with Crippen molar-refractivity contribution in [3.63, 3.8) is 0 Å². The second-order valence-electron chi connectivity index (χ2n) is 2.19. The quantitative estimate of drug-likeness (QED) is 0.560. The van der Waals surface area contributed by atoms with Crippen LogP contribution in [0.4, 0.5) is 0 Å². The highest BCUT2D eigenvalue weighted by atomic mass is 28.3. The molecular weight excluding hydrogens is 192 g/mol. The maximum atomic E-state index is 11.0. The molecule has 0 unspecified atom stereocenters. The van der Waals surface area contributed by atoms with Crippen molar-refractivity contribution in [2.75, 3.05) is 0 Å². The molecule has 0 aliphatic heterocycles. The van der Waals surface area contributed by atoms with E-state index in [9.17, 15) is 4.79 Å². The number of benzene rings is 1. The molecule has 0 aromatic heterocycles. The van der Waals surface area contributed by atoms with Gasteiger partial charge >= 0.3 is 15.5 Å². The summed E-state index contributed by atoms with van der Waals surface area (Å²) in [5.74, 6) is -1.20. The van der Waals surface area contributed by atoms with Crippen molar-refractivity contribution in [2.24, 2.45) is 0 Å². The summed E-state index contributed by atoms with van der Waals surface area (Å²) in [4.78, 5) is 27.8. The van der Waals surface area contributed by atoms with Gasteiger partial charge in [-0.3, -0.25) is 0 Å². The smallest absolute Gasteiger partial charge is 0.507 e. The first-order valence-electron chi connectivity index (χ1n) is 3.36. The molecule has 6 heteroatoms. The van der Waals surface area contributed by atoms with E-state index in [4.69, 9.17) is 14.7 Å². The van der Waals surface area contributed by atoms with Gasteiger partial charge in [-0.25, -0.2) is 4.79 Å². The highest BCUT2D eigenvalue weighted by Crippen LogP contribution is 2.16. The standard InChI is InChI=1S/C7H7O5Si/c8-6-4-2-1-3-5(6)7(9)12-13(10)11/h1-4,8,10-11H. The van der Waals surface area contributed by atoms with Gasteiger partial charge in [-0.05, 0) is 12.1 Å². The fraction of sp³-hybridized carbons (Fsp3) is 0. The lowest BCUT2D eigenvalue weighted by Crippen LogP contribution is -2.21. The summed E-state index contributed by atoms with van der Waals surface area (Å²) in [6, 6.07) is 5.69. The van der Waals surface area contributed by atoms with Crippen LogP contribution in [0.3, 0.4) is 0 Å². The molecule has 1 aromatic rings. The SMILES string of the molecule is O=C(O[Si](O)O)c1ccccc1O. The summed E-state index contributed by atoms with van der Waals surface area (Å²) in [5, 5.41) is 9.14. The van der Waals surface area contributed by atoms with Crippen LogP contribution >= 0.6 is 0 Å². The zero-order valence-corrected chi connectivity index (χ0v) is 7.47. The molecule has 0 aliphatic carbocycles. The molecule has 69 valence electrons. The molecular formula is C7H7O5Si. The molecule has 13 heavy (non-hydrogen) atoms. The number of para-hydroxylation sites is 1. The third kappa shape index (κ3) is 2.55. The third-order valence-electron chi connectivity index (χ3n) is 1.31. The molecule has 1 aromatic carbocycles. The highest BCUT2D eigenvalue weighted by molar-refractivity contribution is 6.36. The predicted octanol–water partition coefficient (Wildman–Crippen LogP) is -0.481. The summed E-state index contributed by atoms with van der Waals surface area (Å²) in [6.07, 6.45) is 0. The Labute approximate surface area is 75.8 Å². The Morgan fingerprint density at radius 1 is 1.31 bits per heavy atom. The summed E-state index contributed by atoms with van der Waals surface area (Å²) < 4.78 is 4.13. The van der Waals surface area contributed by atoms with Crippen LogP contribution in [0, 0.1) is 0 Å². The first-order valence-corrected chi connectivity index (χ1v) is 4.66. The molecule has 0 spiro atoms. The molecule has 5 nitrogen and oxygen atoms in total. The average molecular weight is 199 g/mol. The molecule has 0 saturated carbocycles. The van der Waals surface area contributed by atoms with Gasteiger partial charge in [-0.15, -0.1) is 0 Å². The first-order chi connectivity index (χ1) is 6.11. The molecule has 0 amide bonds. The van der Waals surface area contributed by atoms with Gasteiger partial charge in [0.15, 0.2) is 0 Å². The van der Waals surface area contributed by atoms with Crippen molar-refractivity contribution < 1.29 is 23.9 Å². The molecule has 1 rings (SSSR count). The lowest BCUT2D eigenvalue weighted by molar-refractivity contribution is 0.0645. The summed E-state index contributed by atoms with van der Waals surface area (Å²) in [6.45, 7) is 0. The topological polar surface area (TPSA) is 87.0 Å². The van der Waals surface area contributed by atoms with Crippen LogP contribution in [-0.4, -0.2) is 30.2 Å². The van der Waals surface area contributed by atoms with E-state index in [0.717, 1.165) is 0 Å². The normalized spacial score (nSPS) is 10.1. The highest BCUT2D eigenvalue weighted by Gasteiger charge is 2.18. The van der Waals surface area contributed by atoms with Crippen LogP contribution in [0.5, 0.6) is 5.75 Å². The number of hydrogen-bond donors (Lipinski definition) is 3. The van der Waals surface area contributed by atoms with Gasteiger partial charge in [0.05, 0.1) is 0 Å². The van der Waals surface area contributed by atoms with Crippen LogP contribution in [0.1, 0.15) is 10.4 Å². The molecule has 0 bridgehead atoms. The number of phenolic OH excluding ortho intramolecular Hbond substituents is 1. The molecule has 0 saturated heterocycles. The Balaban J connectivity index is 2.83. The second kappa shape index (κ2) is 4.03. The number of carbonyl (C=O) groups is 1. The maximum Gasteiger partial charge on any atom is 0.652 e. The molecule has 0 heterocycles. The van der Waals surface area contributed by atoms with E-state index in [-0.39, 0.29) is 11.3 Å². The lowest BCUT2D eigenvalue weighted by Gasteiger charge is -2.03. The zero-order chi connectivity index (χ0) is 9.84. The van der Waals surface area contributed by atoms with Crippen molar-refractivity contribution in [1.82, 2.24) is 0 Å². The minimum Gasteiger partial charge on any atom is -0.507 e. The van der Waals surface area contributed by atoms with Gasteiger partial charge in [0, 0.05) is 0 Å². The van der Waals surface area contributed by atoms with Crippen molar-refractivity contribution in [1.29, 1.82) is 0 Å². The number of hydrogen-bond acceptors (Lipinski definition) is 5. The molecule has 1 radical (unpaired) electrons. The van der Waals surface area contributed by atoms with E-state index in [0.29, 0.717) is 0 Å². The van der Waals surface area contributed by atoms with Crippen LogP contribution in [0.25, 0.3) is 0 Å². The van der Waals surface area contributed by atoms with Gasteiger partial charge < -0.3 is 19.1 Å². The number of rotatable bonds is 2. The van der Waals surface area contributed by atoms with E-state index >= 15 is 0 Å². The molecule has 3 N–H and O–H groups in total. The predicted molar refractivity (Wildman–Crippen MR) is 43.7 cm³/mol. The second-order valence-corrected chi connectivity index (χ2v) is 2.96. The van der Waals surface area contributed by atoms with Crippen molar-refractivity contribution >= 4 is 15.5 Å². The largest absolute Gasteiger partial charge is 0.652 e. The molecule has 0 fully saturated rings. The van der Waals surface area contributed by atoms with Crippen LogP contribution < -0.4 is 0 Å². The van der Waals surface area contributed by atoms with Gasteiger partial charge in [0.25, 0.3) is 0 Å². The van der Waals surface area contributed by atoms with Crippen LogP contribution in [-0.2, 0) is 4.43 Å². The van der Waals surface area contributed by atoms with E-state index < -0.39 is 15.5 Å². The van der Waals surface area contributed by atoms with Crippen LogP contribution in [0.2, 0.25) is 0 Å². The van der Waals surface area contributed by atoms with Crippen molar-refractivity contribution in [3.8, 4) is 5.75 Å². The summed E-state index contributed by atoms with van der Waals surface area (Å²) in [7, 11) is -3.06. The zero-order valence-electron chi connectivity index (χ0n) is 6.47. The summed E-state index contributed by atoms with van der Waals surface area (Å²) in [5.41, 5.74) is -0.0897. The lowest BCUT2D eigenvalue weighted by atomic mass is 10.2. The minimum absolute atomic E-state index is 0.0897. The average Bonchev–Trinajstić information content (AvgIpc) is 2.03. The fourth-order valence-corrected chi connectivity index (χ4v) is 1.06. The Bertz CT molecular complexity index is 312. The summed E-state index contributed by atoms with van der Waals surface area (Å²) >= 11 is 0. The van der Waals surface area contributed by atoms with Crippen LogP contribution in [0.15, 0.2) is 24.3 Å². The van der Waals surface area contributed by atoms with E-state index in [1.165, 1.54) is 24.3 Å². The minimum atomic E-state index is -3.06. The number of carbonyl (C=O) groups excluding carboxylic acids is 1. The van der Waals surface area contributed by atoms with Crippen molar-refractivity contribution in [2.45, 2.75) is 0 Å². The Kier molecular flexibility index (Phi) is 3.01. The van der Waals surface area contributed by atoms with Gasteiger partial charge in [-0.1, -0.05) is 12.1 Å². The monoisotopic (exact) mass is 199 g/mol. The molecule has 0 atom stereocenters. The third-order valence-corrected chi connectivity index (χ3v) is 1.68. The van der Waals surface area contributed by atoms with E-state index in [2.05, 4.69) is 4.43 Å². The van der Waals surface area contributed by atoms with E-state index in [1.54, 1.807) is 0 Å². The maximum absolute atomic E-state index is 11.0.